The SMILES string of the molecule is CN=C(NCc1nnc2n1CCCC2)N(C)CC1CCC(C)CC1. The van der Waals surface area contributed by atoms with Gasteiger partial charge in [0.25, 0.3) is 0 Å². The van der Waals surface area contributed by atoms with Crippen LogP contribution in [0.3, 0.4) is 0 Å². The number of nitrogens with one attached hydrogen (secondary N) is 1. The van der Waals surface area contributed by atoms with E-state index in [1.165, 1.54) is 38.5 Å². The second-order valence-corrected chi connectivity index (χ2v) is 7.55. The van der Waals surface area contributed by atoms with Gasteiger partial charge in [0.05, 0.1) is 6.54 Å². The molecule has 6 nitrogen and oxygen atoms in total. The van der Waals surface area contributed by atoms with E-state index in [9.17, 15) is 0 Å². The Morgan fingerprint density at radius 2 is 2.04 bits per heavy atom. The van der Waals surface area contributed by atoms with Crippen LogP contribution in [0.25, 0.3) is 0 Å². The predicted octanol–water partition coefficient (Wildman–Crippen LogP) is 2.45. The normalized spacial score (nSPS) is 24.5. The molecule has 0 bridgehead atoms. The summed E-state index contributed by atoms with van der Waals surface area (Å²) < 4.78 is 2.27. The molecule has 1 fully saturated rings. The maximum absolute atomic E-state index is 4.45. The lowest BCUT2D eigenvalue weighted by Crippen LogP contribution is -2.41. The lowest BCUT2D eigenvalue weighted by atomic mass is 9.83. The zero-order valence-corrected chi connectivity index (χ0v) is 15.5. The second-order valence-electron chi connectivity index (χ2n) is 7.55. The minimum atomic E-state index is 0.700. The summed E-state index contributed by atoms with van der Waals surface area (Å²) in [4.78, 5) is 6.73. The number of hydrogen-bond donors (Lipinski definition) is 1. The van der Waals surface area contributed by atoms with Crippen LogP contribution in [-0.2, 0) is 19.5 Å². The second kappa shape index (κ2) is 7.99. The molecular weight excluding hydrogens is 300 g/mol. The summed E-state index contributed by atoms with van der Waals surface area (Å²) in [7, 11) is 4.01. The highest BCUT2D eigenvalue weighted by molar-refractivity contribution is 5.79. The number of hydrogen-bond acceptors (Lipinski definition) is 3. The maximum atomic E-state index is 4.45. The van der Waals surface area contributed by atoms with Crippen molar-refractivity contribution in [3.05, 3.63) is 11.6 Å². The van der Waals surface area contributed by atoms with E-state index in [1.54, 1.807) is 0 Å². The van der Waals surface area contributed by atoms with Crippen molar-refractivity contribution in [1.82, 2.24) is 25.0 Å². The van der Waals surface area contributed by atoms with Gasteiger partial charge in [-0.2, -0.15) is 0 Å². The van der Waals surface area contributed by atoms with Gasteiger partial charge in [-0.25, -0.2) is 0 Å². The number of guanidine groups is 1. The first kappa shape index (κ1) is 17.2. The first-order chi connectivity index (χ1) is 11.7. The Bertz CT molecular complexity index is 556. The average Bonchev–Trinajstić information content (AvgIpc) is 3.01. The maximum Gasteiger partial charge on any atom is 0.193 e. The van der Waals surface area contributed by atoms with Crippen LogP contribution in [0.2, 0.25) is 0 Å². The molecule has 24 heavy (non-hydrogen) atoms. The van der Waals surface area contributed by atoms with Crippen molar-refractivity contribution >= 4 is 5.96 Å². The fraction of sp³-hybridized carbons (Fsp3) is 0.833. The molecule has 1 aromatic rings. The fourth-order valence-electron chi connectivity index (χ4n) is 4.03. The highest BCUT2D eigenvalue weighted by atomic mass is 15.3. The molecule has 134 valence electrons. The number of fused-ring (bicyclic) bond motifs is 1. The van der Waals surface area contributed by atoms with Crippen molar-refractivity contribution in [2.24, 2.45) is 16.8 Å². The summed E-state index contributed by atoms with van der Waals surface area (Å²) in [6.45, 7) is 5.21. The summed E-state index contributed by atoms with van der Waals surface area (Å²) >= 11 is 0. The van der Waals surface area contributed by atoms with Gasteiger partial charge in [-0.05, 0) is 37.5 Å². The van der Waals surface area contributed by atoms with Crippen molar-refractivity contribution in [3.8, 4) is 0 Å². The van der Waals surface area contributed by atoms with Crippen LogP contribution < -0.4 is 5.32 Å². The Kier molecular flexibility index (Phi) is 5.74. The zero-order chi connectivity index (χ0) is 16.9. The van der Waals surface area contributed by atoms with Crippen LogP contribution in [0.15, 0.2) is 4.99 Å². The topological polar surface area (TPSA) is 58.3 Å². The van der Waals surface area contributed by atoms with E-state index in [0.717, 1.165) is 49.0 Å². The van der Waals surface area contributed by atoms with Crippen molar-refractivity contribution in [3.63, 3.8) is 0 Å². The van der Waals surface area contributed by atoms with E-state index in [4.69, 9.17) is 0 Å². The Balaban J connectivity index is 1.52. The van der Waals surface area contributed by atoms with E-state index in [0.29, 0.717) is 6.54 Å². The Hall–Kier alpha value is -1.59. The summed E-state index contributed by atoms with van der Waals surface area (Å²) in [6, 6.07) is 0. The molecule has 3 rings (SSSR count). The van der Waals surface area contributed by atoms with Crippen LogP contribution >= 0.6 is 0 Å². The van der Waals surface area contributed by atoms with Crippen molar-refractivity contribution < 1.29 is 0 Å². The molecule has 0 spiro atoms. The number of rotatable bonds is 4. The van der Waals surface area contributed by atoms with E-state index in [2.05, 4.69) is 43.9 Å². The molecule has 0 amide bonds. The molecule has 0 atom stereocenters. The molecule has 0 aromatic carbocycles. The lowest BCUT2D eigenvalue weighted by Gasteiger charge is -2.31. The number of aliphatic imine (C=N–C) groups is 1. The number of aryl methyl sites for hydroxylation is 1. The molecule has 1 aliphatic carbocycles. The van der Waals surface area contributed by atoms with E-state index >= 15 is 0 Å². The van der Waals surface area contributed by atoms with Gasteiger partial charge in [-0.1, -0.05) is 19.8 Å². The fourth-order valence-corrected chi connectivity index (χ4v) is 4.03. The minimum absolute atomic E-state index is 0.700. The third-order valence-corrected chi connectivity index (χ3v) is 5.58. The third kappa shape index (κ3) is 4.08. The van der Waals surface area contributed by atoms with Crippen LogP contribution in [0.5, 0.6) is 0 Å². The van der Waals surface area contributed by atoms with Gasteiger partial charge in [0.2, 0.25) is 0 Å². The van der Waals surface area contributed by atoms with E-state index in [-0.39, 0.29) is 0 Å². The Morgan fingerprint density at radius 3 is 2.79 bits per heavy atom. The molecule has 0 saturated heterocycles. The average molecular weight is 332 g/mol. The molecule has 1 saturated carbocycles. The first-order valence-electron chi connectivity index (χ1n) is 9.50. The summed E-state index contributed by atoms with van der Waals surface area (Å²) in [5.41, 5.74) is 0. The van der Waals surface area contributed by atoms with Gasteiger partial charge in [-0.3, -0.25) is 4.99 Å². The summed E-state index contributed by atoms with van der Waals surface area (Å²) in [6.07, 6.45) is 8.96. The van der Waals surface area contributed by atoms with Gasteiger partial charge < -0.3 is 14.8 Å². The molecule has 1 N–H and O–H groups in total. The highest BCUT2D eigenvalue weighted by Gasteiger charge is 2.21. The van der Waals surface area contributed by atoms with Gasteiger partial charge in [0, 0.05) is 33.6 Å². The molecule has 1 aliphatic heterocycles. The lowest BCUT2D eigenvalue weighted by molar-refractivity contribution is 0.250. The molecule has 2 heterocycles. The smallest absolute Gasteiger partial charge is 0.193 e. The molecule has 1 aromatic heterocycles. The van der Waals surface area contributed by atoms with Crippen LogP contribution in [0, 0.1) is 11.8 Å². The van der Waals surface area contributed by atoms with Gasteiger partial charge in [0.1, 0.15) is 5.82 Å². The van der Waals surface area contributed by atoms with E-state index in [1.807, 2.05) is 7.05 Å². The quantitative estimate of drug-likeness (QED) is 0.680. The zero-order valence-electron chi connectivity index (χ0n) is 15.5. The van der Waals surface area contributed by atoms with Crippen LogP contribution in [-0.4, -0.2) is 46.3 Å². The molecule has 0 unspecified atom stereocenters. The monoisotopic (exact) mass is 332 g/mol. The van der Waals surface area contributed by atoms with Crippen molar-refractivity contribution in [1.29, 1.82) is 0 Å². The largest absolute Gasteiger partial charge is 0.349 e. The molecule has 6 heteroatoms. The highest BCUT2D eigenvalue weighted by Crippen LogP contribution is 2.28. The molecule has 0 radical (unpaired) electrons. The molecular formula is C18H32N6. The van der Waals surface area contributed by atoms with Gasteiger partial charge in [0.15, 0.2) is 11.8 Å². The van der Waals surface area contributed by atoms with Gasteiger partial charge in [-0.15, -0.1) is 10.2 Å². The summed E-state index contributed by atoms with van der Waals surface area (Å²) in [5.74, 6) is 4.83. The Morgan fingerprint density at radius 1 is 1.25 bits per heavy atom. The van der Waals surface area contributed by atoms with Crippen molar-refractivity contribution in [2.75, 3.05) is 20.6 Å². The first-order valence-corrected chi connectivity index (χ1v) is 9.50. The minimum Gasteiger partial charge on any atom is -0.349 e. The van der Waals surface area contributed by atoms with Crippen LogP contribution in [0.1, 0.15) is 57.1 Å². The third-order valence-electron chi connectivity index (χ3n) is 5.58. The van der Waals surface area contributed by atoms with Gasteiger partial charge >= 0.3 is 0 Å². The molecule has 2 aliphatic rings. The van der Waals surface area contributed by atoms with Crippen molar-refractivity contribution in [2.45, 2.75) is 65.0 Å². The number of nitrogens with zero attached hydrogens (tertiary/aromatic N) is 5. The van der Waals surface area contributed by atoms with E-state index < -0.39 is 0 Å². The standard InChI is InChI=1S/C18H32N6/c1-14-7-9-15(10-8-14)13-23(3)18(19-2)20-12-17-22-21-16-6-4-5-11-24(16)17/h14-15H,4-13H2,1-3H3,(H,19,20). The Labute approximate surface area is 145 Å². The summed E-state index contributed by atoms with van der Waals surface area (Å²) in [5, 5.41) is 12.2. The number of aromatic nitrogens is 3. The predicted molar refractivity (Wildman–Crippen MR) is 96.9 cm³/mol. The van der Waals surface area contributed by atoms with Crippen LogP contribution in [0.4, 0.5) is 0 Å².